The summed E-state index contributed by atoms with van der Waals surface area (Å²) in [5.41, 5.74) is 0.306. The van der Waals surface area contributed by atoms with Gasteiger partial charge < -0.3 is 14.6 Å². The number of aryl methyl sites for hydroxylation is 1. The van der Waals surface area contributed by atoms with Gasteiger partial charge in [-0.3, -0.25) is 4.79 Å². The monoisotopic (exact) mass is 315 g/mol. The minimum absolute atomic E-state index is 0.0411. The summed E-state index contributed by atoms with van der Waals surface area (Å²) < 4.78 is 29.8. The minimum Gasteiger partial charge on any atom is -0.378 e. The molecule has 21 heavy (non-hydrogen) atoms. The van der Waals surface area contributed by atoms with Crippen LogP contribution in [0.25, 0.3) is 0 Å². The summed E-state index contributed by atoms with van der Waals surface area (Å²) in [6.45, 7) is 4.90. The molecule has 1 saturated heterocycles. The molecule has 0 spiro atoms. The zero-order chi connectivity index (χ0) is 15.6. The number of ether oxygens (including phenoxy) is 1. The quantitative estimate of drug-likeness (QED) is 0.842. The van der Waals surface area contributed by atoms with Crippen molar-refractivity contribution in [2.45, 2.75) is 50.3 Å². The van der Waals surface area contributed by atoms with Crippen LogP contribution in [0.5, 0.6) is 0 Å². The second-order valence-electron chi connectivity index (χ2n) is 5.27. The van der Waals surface area contributed by atoms with Gasteiger partial charge in [0.15, 0.2) is 0 Å². The molecule has 7 nitrogen and oxygen atoms in total. The van der Waals surface area contributed by atoms with E-state index < -0.39 is 10.0 Å². The van der Waals surface area contributed by atoms with Crippen molar-refractivity contribution in [3.8, 4) is 0 Å². The molecular weight excluding hydrogens is 294 g/mol. The Hall–Kier alpha value is -1.38. The first-order chi connectivity index (χ1) is 9.81. The van der Waals surface area contributed by atoms with E-state index in [9.17, 15) is 13.2 Å². The van der Waals surface area contributed by atoms with Gasteiger partial charge >= 0.3 is 0 Å². The molecular formula is C13H21N3O4S. The van der Waals surface area contributed by atoms with Crippen molar-refractivity contribution in [3.05, 3.63) is 18.0 Å². The topological polar surface area (TPSA) is 103 Å². The highest BCUT2D eigenvalue weighted by molar-refractivity contribution is 7.89. The number of rotatable bonds is 4. The molecule has 1 fully saturated rings. The number of amides is 1. The molecule has 0 aromatic carbocycles. The third kappa shape index (κ3) is 3.84. The van der Waals surface area contributed by atoms with Gasteiger partial charge in [0.1, 0.15) is 10.6 Å². The van der Waals surface area contributed by atoms with Crippen LogP contribution in [0.15, 0.2) is 17.2 Å². The van der Waals surface area contributed by atoms with Gasteiger partial charge in [-0.25, -0.2) is 13.6 Å². The summed E-state index contributed by atoms with van der Waals surface area (Å²) in [4.78, 5) is 12.3. The zero-order valence-corrected chi connectivity index (χ0v) is 13.0. The molecule has 1 aromatic heterocycles. The number of nitrogens with one attached hydrogen (secondary N) is 1. The summed E-state index contributed by atoms with van der Waals surface area (Å²) in [5, 5.41) is 8.04. The highest BCUT2D eigenvalue weighted by Gasteiger charge is 2.24. The van der Waals surface area contributed by atoms with Crippen LogP contribution in [0, 0.1) is 0 Å². The van der Waals surface area contributed by atoms with Crippen molar-refractivity contribution in [2.24, 2.45) is 5.14 Å². The number of carbonyl (C=O) groups is 1. The first kappa shape index (κ1) is 16.0. The molecule has 0 radical (unpaired) electrons. The molecule has 118 valence electrons. The second kappa shape index (κ2) is 6.17. The molecule has 0 bridgehead atoms. The van der Waals surface area contributed by atoms with Crippen molar-refractivity contribution < 1.29 is 17.9 Å². The van der Waals surface area contributed by atoms with Gasteiger partial charge in [-0.2, -0.15) is 0 Å². The van der Waals surface area contributed by atoms with Crippen molar-refractivity contribution in [1.82, 2.24) is 9.88 Å². The third-order valence-electron chi connectivity index (χ3n) is 3.59. The molecule has 2 rings (SSSR count). The van der Waals surface area contributed by atoms with Gasteiger partial charge in [0.2, 0.25) is 10.0 Å². The molecule has 1 aliphatic rings. The third-order valence-corrected chi connectivity index (χ3v) is 4.47. The van der Waals surface area contributed by atoms with Gasteiger partial charge in [-0.1, -0.05) is 0 Å². The van der Waals surface area contributed by atoms with Crippen molar-refractivity contribution >= 4 is 15.9 Å². The Morgan fingerprint density at radius 1 is 1.57 bits per heavy atom. The minimum atomic E-state index is -3.81. The Balaban J connectivity index is 2.16. The number of hydrogen-bond acceptors (Lipinski definition) is 4. The number of primary sulfonamides is 1. The molecule has 1 aliphatic heterocycles. The average molecular weight is 315 g/mol. The largest absolute Gasteiger partial charge is 0.378 e. The van der Waals surface area contributed by atoms with E-state index >= 15 is 0 Å². The van der Waals surface area contributed by atoms with Crippen LogP contribution in [0.4, 0.5) is 0 Å². The fourth-order valence-electron chi connectivity index (χ4n) is 2.48. The molecule has 1 amide bonds. The standard InChI is InChI=1S/C13H21N3O4S/c1-3-16-8-11(21(14,18)19)7-12(16)13(17)15-10-4-5-20-9(2)6-10/h7-10H,3-6H2,1-2H3,(H,15,17)(H2,14,18,19). The fraction of sp³-hybridized carbons (Fsp3) is 0.615. The second-order valence-corrected chi connectivity index (χ2v) is 6.83. The summed E-state index contributed by atoms with van der Waals surface area (Å²) >= 11 is 0. The lowest BCUT2D eigenvalue weighted by Crippen LogP contribution is -2.41. The molecule has 2 atom stereocenters. The van der Waals surface area contributed by atoms with Crippen LogP contribution in [0.1, 0.15) is 37.2 Å². The highest BCUT2D eigenvalue weighted by atomic mass is 32.2. The van der Waals surface area contributed by atoms with Crippen LogP contribution in [-0.4, -0.2) is 37.6 Å². The predicted molar refractivity (Wildman–Crippen MR) is 77.4 cm³/mol. The van der Waals surface area contributed by atoms with E-state index in [2.05, 4.69) is 5.32 Å². The van der Waals surface area contributed by atoms with Gasteiger partial charge in [-0.15, -0.1) is 0 Å². The number of carbonyl (C=O) groups excluding carboxylic acids is 1. The molecule has 3 N–H and O–H groups in total. The van der Waals surface area contributed by atoms with E-state index in [1.807, 2.05) is 13.8 Å². The highest BCUT2D eigenvalue weighted by Crippen LogP contribution is 2.16. The van der Waals surface area contributed by atoms with Gasteiger partial charge in [0, 0.05) is 25.4 Å². The Labute approximate surface area is 124 Å². The van der Waals surface area contributed by atoms with E-state index in [4.69, 9.17) is 9.88 Å². The summed E-state index contributed by atoms with van der Waals surface area (Å²) in [6, 6.07) is 1.36. The van der Waals surface area contributed by atoms with Crippen molar-refractivity contribution in [3.63, 3.8) is 0 Å². The normalized spacial score (nSPS) is 23.0. The SMILES string of the molecule is CCn1cc(S(N)(=O)=O)cc1C(=O)NC1CCOC(C)C1. The van der Waals surface area contributed by atoms with Crippen LogP contribution < -0.4 is 10.5 Å². The Bertz CT molecular complexity index is 623. The van der Waals surface area contributed by atoms with Crippen molar-refractivity contribution in [1.29, 1.82) is 0 Å². The number of nitrogens with zero attached hydrogens (tertiary/aromatic N) is 1. The lowest BCUT2D eigenvalue weighted by atomic mass is 10.0. The number of nitrogens with two attached hydrogens (primary N) is 1. The predicted octanol–water partition coefficient (Wildman–Crippen LogP) is 0.453. The van der Waals surface area contributed by atoms with Gasteiger partial charge in [0.25, 0.3) is 5.91 Å². The van der Waals surface area contributed by atoms with E-state index in [0.29, 0.717) is 18.8 Å². The molecule has 1 aromatic rings. The van der Waals surface area contributed by atoms with Crippen LogP contribution in [-0.2, 0) is 21.3 Å². The Kier molecular flexibility index (Phi) is 4.70. The van der Waals surface area contributed by atoms with Crippen LogP contribution in [0.3, 0.4) is 0 Å². The number of sulfonamides is 1. The fourth-order valence-corrected chi connectivity index (χ4v) is 3.03. The Morgan fingerprint density at radius 3 is 2.86 bits per heavy atom. The van der Waals surface area contributed by atoms with E-state index in [0.717, 1.165) is 12.8 Å². The molecule has 2 heterocycles. The van der Waals surface area contributed by atoms with Crippen molar-refractivity contribution in [2.75, 3.05) is 6.61 Å². The zero-order valence-electron chi connectivity index (χ0n) is 12.2. The lowest BCUT2D eigenvalue weighted by Gasteiger charge is -2.28. The van der Waals surface area contributed by atoms with Crippen LogP contribution >= 0.6 is 0 Å². The average Bonchev–Trinajstić information content (AvgIpc) is 2.82. The van der Waals surface area contributed by atoms with Gasteiger partial charge in [-0.05, 0) is 32.8 Å². The van der Waals surface area contributed by atoms with E-state index in [1.165, 1.54) is 12.3 Å². The van der Waals surface area contributed by atoms with E-state index in [1.54, 1.807) is 4.57 Å². The lowest BCUT2D eigenvalue weighted by molar-refractivity contribution is 0.0136. The van der Waals surface area contributed by atoms with Crippen LogP contribution in [0.2, 0.25) is 0 Å². The Morgan fingerprint density at radius 2 is 2.29 bits per heavy atom. The van der Waals surface area contributed by atoms with E-state index in [-0.39, 0.29) is 22.9 Å². The maximum Gasteiger partial charge on any atom is 0.268 e. The number of aromatic nitrogens is 1. The summed E-state index contributed by atoms with van der Waals surface area (Å²) in [7, 11) is -3.81. The summed E-state index contributed by atoms with van der Waals surface area (Å²) in [6.07, 6.45) is 3.00. The smallest absolute Gasteiger partial charge is 0.268 e. The summed E-state index contributed by atoms with van der Waals surface area (Å²) in [5.74, 6) is -0.286. The maximum absolute atomic E-state index is 12.3. The molecule has 0 saturated carbocycles. The molecule has 2 unspecified atom stereocenters. The maximum atomic E-state index is 12.3. The number of hydrogen-bond donors (Lipinski definition) is 2. The molecule has 8 heteroatoms. The first-order valence-corrected chi connectivity index (χ1v) is 8.51. The molecule has 0 aliphatic carbocycles. The van der Waals surface area contributed by atoms with Gasteiger partial charge in [0.05, 0.1) is 6.10 Å². The first-order valence-electron chi connectivity index (χ1n) is 6.96.